The fraction of sp³-hybridized carbons (Fsp3) is 0.435. The zero-order chi connectivity index (χ0) is 24.1. The Labute approximate surface area is 210 Å². The average molecular weight is 551 g/mol. The predicted molar refractivity (Wildman–Crippen MR) is 133 cm³/mol. The summed E-state index contributed by atoms with van der Waals surface area (Å²) in [6.45, 7) is 5.69. The number of thiophene rings is 1. The molecule has 3 amide bonds. The lowest BCUT2D eigenvalue weighted by atomic mass is 10.0. The Balaban J connectivity index is 1.57. The molecule has 182 valence electrons. The number of fused-ring (bicyclic) bond motifs is 1. The summed E-state index contributed by atoms with van der Waals surface area (Å²) in [7, 11) is 0. The summed E-state index contributed by atoms with van der Waals surface area (Å²) in [4.78, 5) is 42.9. The molecule has 2 aliphatic rings. The van der Waals surface area contributed by atoms with Gasteiger partial charge >= 0.3 is 6.09 Å². The average Bonchev–Trinajstić information content (AvgIpc) is 3.18. The monoisotopic (exact) mass is 550 g/mol. The first-order valence-electron chi connectivity index (χ1n) is 11.2. The van der Waals surface area contributed by atoms with Crippen molar-refractivity contribution in [2.75, 3.05) is 56.6 Å². The molecule has 0 saturated carbocycles. The van der Waals surface area contributed by atoms with Gasteiger partial charge in [0.1, 0.15) is 5.00 Å². The minimum absolute atomic E-state index is 0.180. The highest BCUT2D eigenvalue weighted by Gasteiger charge is 2.31. The third kappa shape index (κ3) is 5.96. The highest BCUT2D eigenvalue weighted by Crippen LogP contribution is 2.38. The second kappa shape index (κ2) is 11.3. The van der Waals surface area contributed by atoms with Gasteiger partial charge in [-0.05, 0) is 43.2 Å². The van der Waals surface area contributed by atoms with Gasteiger partial charge in [0, 0.05) is 34.7 Å². The molecule has 0 atom stereocenters. The number of hydrogen-bond donors (Lipinski definition) is 2. The van der Waals surface area contributed by atoms with Crippen LogP contribution in [0.2, 0.25) is 0 Å². The summed E-state index contributed by atoms with van der Waals surface area (Å²) in [5.74, 6) is -0.466. The van der Waals surface area contributed by atoms with E-state index in [0.717, 1.165) is 14.9 Å². The SMILES string of the molecule is CCOC(=O)N1CCc2c(sc(NC(=O)CN3CCOCC3)c2C(=O)Nc2ccc(Br)cc2)C1. The fourth-order valence-corrected chi connectivity index (χ4v) is 5.50. The van der Waals surface area contributed by atoms with Gasteiger partial charge in [-0.3, -0.25) is 14.5 Å². The summed E-state index contributed by atoms with van der Waals surface area (Å²) in [5.41, 5.74) is 1.98. The molecule has 0 unspecified atom stereocenters. The van der Waals surface area contributed by atoms with Gasteiger partial charge in [-0.15, -0.1) is 11.3 Å². The van der Waals surface area contributed by atoms with Gasteiger partial charge in [0.25, 0.3) is 5.91 Å². The minimum atomic E-state index is -0.375. The van der Waals surface area contributed by atoms with E-state index in [1.807, 2.05) is 17.0 Å². The molecule has 0 bridgehead atoms. The van der Waals surface area contributed by atoms with E-state index >= 15 is 0 Å². The standard InChI is InChI=1S/C23H27BrN4O5S/c1-2-33-23(31)28-8-7-17-18(13-28)34-22(26-19(29)14-27-9-11-32-12-10-27)20(17)21(30)25-16-5-3-15(24)4-6-16/h3-6H,2,7-14H2,1H3,(H,25,30)(H,26,29). The molecule has 0 spiro atoms. The third-order valence-corrected chi connectivity index (χ3v) is 7.30. The lowest BCUT2D eigenvalue weighted by Gasteiger charge is -2.26. The van der Waals surface area contributed by atoms with E-state index in [4.69, 9.17) is 9.47 Å². The zero-order valence-corrected chi connectivity index (χ0v) is 21.3. The van der Waals surface area contributed by atoms with Gasteiger partial charge < -0.3 is 25.0 Å². The number of hydrogen-bond acceptors (Lipinski definition) is 7. The van der Waals surface area contributed by atoms with E-state index in [1.165, 1.54) is 11.3 Å². The topological polar surface area (TPSA) is 100 Å². The molecule has 4 rings (SSSR count). The van der Waals surface area contributed by atoms with Crippen molar-refractivity contribution in [1.82, 2.24) is 9.80 Å². The summed E-state index contributed by atoms with van der Waals surface area (Å²) in [5, 5.41) is 6.39. The first-order valence-corrected chi connectivity index (χ1v) is 12.8. The Morgan fingerprint density at radius 3 is 2.56 bits per heavy atom. The van der Waals surface area contributed by atoms with Crippen LogP contribution in [0.25, 0.3) is 0 Å². The highest BCUT2D eigenvalue weighted by molar-refractivity contribution is 9.10. The van der Waals surface area contributed by atoms with Crippen LogP contribution in [0, 0.1) is 0 Å². The first-order chi connectivity index (χ1) is 16.4. The maximum atomic E-state index is 13.3. The Morgan fingerprint density at radius 2 is 1.85 bits per heavy atom. The highest BCUT2D eigenvalue weighted by atomic mass is 79.9. The Kier molecular flexibility index (Phi) is 8.19. The van der Waals surface area contributed by atoms with Gasteiger partial charge in [0.05, 0.1) is 38.5 Å². The van der Waals surface area contributed by atoms with Crippen molar-refractivity contribution in [2.45, 2.75) is 19.9 Å². The molecule has 1 saturated heterocycles. The van der Waals surface area contributed by atoms with Crippen LogP contribution in [0.3, 0.4) is 0 Å². The van der Waals surface area contributed by atoms with Crippen molar-refractivity contribution in [2.24, 2.45) is 0 Å². The van der Waals surface area contributed by atoms with Crippen molar-refractivity contribution in [3.05, 3.63) is 44.7 Å². The summed E-state index contributed by atoms with van der Waals surface area (Å²) >= 11 is 4.73. The second-order valence-electron chi connectivity index (χ2n) is 7.98. The number of carbonyl (C=O) groups is 3. The van der Waals surface area contributed by atoms with Gasteiger partial charge in [-0.1, -0.05) is 15.9 Å². The summed E-state index contributed by atoms with van der Waals surface area (Å²) < 4.78 is 11.4. The summed E-state index contributed by atoms with van der Waals surface area (Å²) in [6.07, 6.45) is 0.132. The first kappa shape index (κ1) is 24.6. The Hall–Kier alpha value is -2.47. The molecule has 2 N–H and O–H groups in total. The van der Waals surface area contributed by atoms with Crippen LogP contribution in [-0.2, 0) is 27.2 Å². The van der Waals surface area contributed by atoms with Gasteiger partial charge in [-0.25, -0.2) is 4.79 Å². The van der Waals surface area contributed by atoms with Crippen molar-refractivity contribution >= 4 is 55.9 Å². The zero-order valence-electron chi connectivity index (χ0n) is 18.9. The van der Waals surface area contributed by atoms with E-state index in [2.05, 4.69) is 26.6 Å². The fourth-order valence-electron chi connectivity index (χ4n) is 3.96. The number of nitrogens with zero attached hydrogens (tertiary/aromatic N) is 2. The molecular weight excluding hydrogens is 524 g/mol. The van der Waals surface area contributed by atoms with Gasteiger partial charge in [0.15, 0.2) is 0 Å². The van der Waals surface area contributed by atoms with Crippen LogP contribution in [0.5, 0.6) is 0 Å². The number of ether oxygens (including phenoxy) is 2. The lowest BCUT2D eigenvalue weighted by molar-refractivity contribution is -0.118. The van der Waals surface area contributed by atoms with Crippen LogP contribution >= 0.6 is 27.3 Å². The smallest absolute Gasteiger partial charge is 0.410 e. The number of halogens is 1. The quantitative estimate of drug-likeness (QED) is 0.570. The van der Waals surface area contributed by atoms with Crippen LogP contribution in [0.15, 0.2) is 28.7 Å². The number of benzene rings is 1. The molecule has 9 nitrogen and oxygen atoms in total. The van der Waals surface area contributed by atoms with Crippen molar-refractivity contribution in [3.63, 3.8) is 0 Å². The number of nitrogens with one attached hydrogen (secondary N) is 2. The molecular formula is C23H27BrN4O5S. The van der Waals surface area contributed by atoms with Crippen LogP contribution in [0.1, 0.15) is 27.7 Å². The van der Waals surface area contributed by atoms with E-state index in [1.54, 1.807) is 24.0 Å². The number of carbonyl (C=O) groups excluding carboxylic acids is 3. The predicted octanol–water partition coefficient (Wildman–Crippen LogP) is 3.55. The van der Waals surface area contributed by atoms with E-state index in [-0.39, 0.29) is 24.5 Å². The van der Waals surface area contributed by atoms with Gasteiger partial charge in [0.2, 0.25) is 5.91 Å². The largest absolute Gasteiger partial charge is 0.450 e. The van der Waals surface area contributed by atoms with Crippen LogP contribution in [0.4, 0.5) is 15.5 Å². The number of morpholine rings is 1. The molecule has 11 heteroatoms. The normalized spacial score (nSPS) is 16.0. The molecule has 1 fully saturated rings. The Morgan fingerprint density at radius 1 is 1.12 bits per heavy atom. The van der Waals surface area contributed by atoms with Crippen molar-refractivity contribution in [3.8, 4) is 0 Å². The maximum absolute atomic E-state index is 13.3. The number of rotatable bonds is 6. The maximum Gasteiger partial charge on any atom is 0.410 e. The van der Waals surface area contributed by atoms with E-state index in [9.17, 15) is 14.4 Å². The number of anilines is 2. The molecule has 0 radical (unpaired) electrons. The van der Waals surface area contributed by atoms with E-state index in [0.29, 0.717) is 68.7 Å². The third-order valence-electron chi connectivity index (χ3n) is 5.64. The van der Waals surface area contributed by atoms with E-state index < -0.39 is 0 Å². The van der Waals surface area contributed by atoms with Crippen molar-refractivity contribution < 1.29 is 23.9 Å². The molecule has 2 aliphatic heterocycles. The molecule has 2 aromatic rings. The molecule has 0 aliphatic carbocycles. The molecule has 34 heavy (non-hydrogen) atoms. The molecule has 1 aromatic heterocycles. The number of amides is 3. The van der Waals surface area contributed by atoms with Gasteiger partial charge in [-0.2, -0.15) is 0 Å². The van der Waals surface area contributed by atoms with Crippen molar-refractivity contribution in [1.29, 1.82) is 0 Å². The summed E-state index contributed by atoms with van der Waals surface area (Å²) in [6, 6.07) is 7.31. The van der Waals surface area contributed by atoms with Crippen LogP contribution < -0.4 is 10.6 Å². The lowest BCUT2D eigenvalue weighted by Crippen LogP contribution is -2.41. The van der Waals surface area contributed by atoms with Crippen LogP contribution in [-0.4, -0.2) is 73.7 Å². The second-order valence-corrected chi connectivity index (χ2v) is 10.00. The molecule has 3 heterocycles. The minimum Gasteiger partial charge on any atom is -0.450 e. The molecule has 1 aromatic carbocycles. The Bertz CT molecular complexity index is 1050.